The number of anilines is 3. The molecule has 0 unspecified atom stereocenters. The van der Waals surface area contributed by atoms with E-state index < -0.39 is 0 Å². The van der Waals surface area contributed by atoms with Gasteiger partial charge in [-0.3, -0.25) is 0 Å². The summed E-state index contributed by atoms with van der Waals surface area (Å²) in [4.78, 5) is 2.38. The standard InChI is InChI=1S/C63H43NOS/c1-63(2)57-34-27-44(37-55(57)51-33-26-46(39-58(51)63)50-18-11-19-54-52-16-6-8-20-59(52)65-62(50)54)41-22-29-47(30-23-41)64(49-15-10-14-43(36-49)40-12-4-3-5-13-40)48-31-24-42(25-32-48)45-28-35-61-56(38-45)53-17-7-9-21-60(53)66-61/h3-39H,1-2H3. The summed E-state index contributed by atoms with van der Waals surface area (Å²) in [6, 6.07) is 82.1. The molecular formula is C63H43NOS. The molecule has 2 aromatic heterocycles. The fourth-order valence-electron chi connectivity index (χ4n) is 10.5. The molecule has 0 bridgehead atoms. The van der Waals surface area contributed by atoms with Crippen LogP contribution in [0.3, 0.4) is 0 Å². The predicted octanol–water partition coefficient (Wildman–Crippen LogP) is 18.4. The summed E-state index contributed by atoms with van der Waals surface area (Å²) in [5.41, 5.74) is 19.8. The molecule has 2 heterocycles. The number of nitrogens with zero attached hydrogens (tertiary/aromatic N) is 1. The Kier molecular flexibility index (Phi) is 8.78. The van der Waals surface area contributed by atoms with E-state index in [-0.39, 0.29) is 5.41 Å². The molecule has 12 aromatic rings. The number of hydrogen-bond donors (Lipinski definition) is 0. The van der Waals surface area contributed by atoms with Gasteiger partial charge in [-0.15, -0.1) is 11.3 Å². The summed E-state index contributed by atoms with van der Waals surface area (Å²) >= 11 is 1.86. The monoisotopic (exact) mass is 861 g/mol. The number of rotatable bonds is 7. The molecule has 10 aromatic carbocycles. The minimum Gasteiger partial charge on any atom is -0.455 e. The average molecular weight is 862 g/mol. The summed E-state index contributed by atoms with van der Waals surface area (Å²) in [5.74, 6) is 0. The highest BCUT2D eigenvalue weighted by Crippen LogP contribution is 2.51. The highest BCUT2D eigenvalue weighted by molar-refractivity contribution is 7.25. The summed E-state index contributed by atoms with van der Waals surface area (Å²) in [6.07, 6.45) is 0. The van der Waals surface area contributed by atoms with E-state index in [1.807, 2.05) is 17.4 Å². The second-order valence-electron chi connectivity index (χ2n) is 18.1. The first kappa shape index (κ1) is 38.5. The van der Waals surface area contributed by atoms with Crippen molar-refractivity contribution >= 4 is 70.5 Å². The lowest BCUT2D eigenvalue weighted by Gasteiger charge is -2.26. The van der Waals surface area contributed by atoms with Gasteiger partial charge in [0.05, 0.1) is 0 Å². The maximum Gasteiger partial charge on any atom is 0.143 e. The second kappa shape index (κ2) is 15.1. The Bertz CT molecular complexity index is 3840. The summed E-state index contributed by atoms with van der Waals surface area (Å²) < 4.78 is 9.12. The van der Waals surface area contributed by atoms with Crippen LogP contribution in [0.1, 0.15) is 25.0 Å². The van der Waals surface area contributed by atoms with Crippen LogP contribution < -0.4 is 4.90 Å². The van der Waals surface area contributed by atoms with Crippen molar-refractivity contribution in [3.63, 3.8) is 0 Å². The minimum atomic E-state index is -0.153. The first-order chi connectivity index (χ1) is 32.4. The Morgan fingerprint density at radius 1 is 0.348 bits per heavy atom. The lowest BCUT2D eigenvalue weighted by Crippen LogP contribution is -2.15. The van der Waals surface area contributed by atoms with Crippen molar-refractivity contribution in [3.8, 4) is 55.6 Å². The zero-order chi connectivity index (χ0) is 43.9. The molecule has 1 aliphatic carbocycles. The molecule has 312 valence electrons. The summed E-state index contributed by atoms with van der Waals surface area (Å²) in [7, 11) is 0. The molecule has 0 N–H and O–H groups in total. The van der Waals surface area contributed by atoms with E-state index in [1.54, 1.807) is 0 Å². The maximum absolute atomic E-state index is 6.47. The number of hydrogen-bond acceptors (Lipinski definition) is 3. The Balaban J connectivity index is 0.853. The molecule has 3 heteroatoms. The molecule has 0 saturated carbocycles. The van der Waals surface area contributed by atoms with Crippen molar-refractivity contribution in [1.29, 1.82) is 0 Å². The van der Waals surface area contributed by atoms with Crippen molar-refractivity contribution in [1.82, 2.24) is 0 Å². The molecule has 1 aliphatic rings. The van der Waals surface area contributed by atoms with Gasteiger partial charge in [0, 0.05) is 59.0 Å². The number of thiophene rings is 1. The van der Waals surface area contributed by atoms with E-state index in [2.05, 4.69) is 237 Å². The van der Waals surface area contributed by atoms with Crippen molar-refractivity contribution in [3.05, 3.63) is 236 Å². The van der Waals surface area contributed by atoms with E-state index in [9.17, 15) is 0 Å². The second-order valence-corrected chi connectivity index (χ2v) is 19.2. The Hall–Kier alpha value is -7.98. The van der Waals surface area contributed by atoms with E-state index >= 15 is 0 Å². The Labute approximate surface area is 388 Å². The molecule has 0 saturated heterocycles. The van der Waals surface area contributed by atoms with E-state index in [0.29, 0.717) is 0 Å². The van der Waals surface area contributed by atoms with E-state index in [0.717, 1.165) is 44.6 Å². The zero-order valence-corrected chi connectivity index (χ0v) is 37.4. The highest BCUT2D eigenvalue weighted by Gasteiger charge is 2.36. The van der Waals surface area contributed by atoms with Crippen LogP contribution >= 0.6 is 11.3 Å². The lowest BCUT2D eigenvalue weighted by molar-refractivity contribution is 0.660. The smallest absolute Gasteiger partial charge is 0.143 e. The number of benzene rings is 10. The van der Waals surface area contributed by atoms with Gasteiger partial charge in [-0.1, -0.05) is 166 Å². The number of para-hydroxylation sites is 2. The third-order valence-electron chi connectivity index (χ3n) is 13.9. The molecule has 0 radical (unpaired) electrons. The normalized spacial score (nSPS) is 12.8. The van der Waals surface area contributed by atoms with Gasteiger partial charge >= 0.3 is 0 Å². The van der Waals surface area contributed by atoms with Gasteiger partial charge in [0.1, 0.15) is 11.2 Å². The van der Waals surface area contributed by atoms with Gasteiger partial charge in [0.15, 0.2) is 0 Å². The third-order valence-corrected chi connectivity index (χ3v) is 15.0. The molecule has 0 aliphatic heterocycles. The predicted molar refractivity (Wildman–Crippen MR) is 281 cm³/mol. The van der Waals surface area contributed by atoms with Crippen LogP contribution in [0.4, 0.5) is 17.1 Å². The largest absolute Gasteiger partial charge is 0.455 e. The van der Waals surface area contributed by atoms with E-state index in [1.165, 1.54) is 81.4 Å². The lowest BCUT2D eigenvalue weighted by atomic mass is 9.81. The minimum absolute atomic E-state index is 0.153. The van der Waals surface area contributed by atoms with Crippen molar-refractivity contribution in [2.45, 2.75) is 19.3 Å². The van der Waals surface area contributed by atoms with Crippen LogP contribution in [0, 0.1) is 0 Å². The van der Waals surface area contributed by atoms with Gasteiger partial charge in [0.25, 0.3) is 0 Å². The average Bonchev–Trinajstić information content (AvgIpc) is 4.02. The molecule has 2 nitrogen and oxygen atoms in total. The topological polar surface area (TPSA) is 16.4 Å². The first-order valence-corrected chi connectivity index (χ1v) is 23.5. The third kappa shape index (κ3) is 6.23. The summed E-state index contributed by atoms with van der Waals surface area (Å²) in [5, 5.41) is 4.94. The quantitative estimate of drug-likeness (QED) is 0.159. The fraction of sp³-hybridized carbons (Fsp3) is 0.0476. The SMILES string of the molecule is CC1(C)c2ccc(-c3ccc(N(c4ccc(-c5ccc6sc7ccccc7c6c5)cc4)c4cccc(-c5ccccc5)c4)cc3)cc2-c2ccc(-c3cccc4c3oc3ccccc34)cc21. The van der Waals surface area contributed by atoms with Gasteiger partial charge in [-0.25, -0.2) is 0 Å². The van der Waals surface area contributed by atoms with Gasteiger partial charge in [-0.2, -0.15) is 0 Å². The molecule has 0 amide bonds. The molecule has 0 spiro atoms. The molecule has 0 fully saturated rings. The van der Waals surface area contributed by atoms with Crippen molar-refractivity contribution < 1.29 is 4.42 Å². The van der Waals surface area contributed by atoms with Crippen molar-refractivity contribution in [2.24, 2.45) is 0 Å². The van der Waals surface area contributed by atoms with Crippen molar-refractivity contribution in [2.75, 3.05) is 4.90 Å². The molecule has 13 rings (SSSR count). The fourth-order valence-corrected chi connectivity index (χ4v) is 11.6. The maximum atomic E-state index is 6.47. The van der Waals surface area contributed by atoms with E-state index in [4.69, 9.17) is 4.42 Å². The van der Waals surface area contributed by atoms with Crippen LogP contribution in [0.5, 0.6) is 0 Å². The van der Waals surface area contributed by atoms with Crippen LogP contribution in [0.25, 0.3) is 97.7 Å². The Morgan fingerprint density at radius 3 is 1.74 bits per heavy atom. The Morgan fingerprint density at radius 2 is 0.939 bits per heavy atom. The number of furan rings is 1. The highest BCUT2D eigenvalue weighted by atomic mass is 32.1. The summed E-state index contributed by atoms with van der Waals surface area (Å²) in [6.45, 7) is 4.71. The van der Waals surface area contributed by atoms with Gasteiger partial charge < -0.3 is 9.32 Å². The number of fused-ring (bicyclic) bond motifs is 9. The zero-order valence-electron chi connectivity index (χ0n) is 36.6. The first-order valence-electron chi connectivity index (χ1n) is 22.7. The molecule has 0 atom stereocenters. The van der Waals surface area contributed by atoms with Crippen LogP contribution in [-0.4, -0.2) is 0 Å². The van der Waals surface area contributed by atoms with Gasteiger partial charge in [0.2, 0.25) is 0 Å². The van der Waals surface area contributed by atoms with Crippen LogP contribution in [0.2, 0.25) is 0 Å². The molecule has 66 heavy (non-hydrogen) atoms. The molecular weight excluding hydrogens is 819 g/mol. The van der Waals surface area contributed by atoms with Crippen LogP contribution in [0.15, 0.2) is 229 Å². The van der Waals surface area contributed by atoms with Crippen LogP contribution in [-0.2, 0) is 5.41 Å². The van der Waals surface area contributed by atoms with Gasteiger partial charge in [-0.05, 0) is 134 Å².